The molecule has 1 aliphatic carbocycles. The van der Waals surface area contributed by atoms with Crippen LogP contribution in [0.1, 0.15) is 48.0 Å². The van der Waals surface area contributed by atoms with E-state index in [-0.39, 0.29) is 29.2 Å². The normalized spacial score (nSPS) is 27.0. The third-order valence-corrected chi connectivity index (χ3v) is 7.05. The lowest BCUT2D eigenvalue weighted by Crippen LogP contribution is -2.40. The van der Waals surface area contributed by atoms with E-state index in [2.05, 4.69) is 0 Å². The second-order valence-electron chi connectivity index (χ2n) is 8.90. The number of benzene rings is 2. The fourth-order valence-corrected chi connectivity index (χ4v) is 5.36. The smallest absolute Gasteiger partial charge is 0.263 e. The van der Waals surface area contributed by atoms with Crippen molar-refractivity contribution < 1.29 is 24.3 Å². The minimum absolute atomic E-state index is 0.204. The third kappa shape index (κ3) is 2.92. The van der Waals surface area contributed by atoms with E-state index < -0.39 is 23.7 Å². The van der Waals surface area contributed by atoms with Gasteiger partial charge in [-0.3, -0.25) is 24.1 Å². The molecule has 0 bridgehead atoms. The Morgan fingerprint density at radius 1 is 1.00 bits per heavy atom. The van der Waals surface area contributed by atoms with E-state index in [4.69, 9.17) is 0 Å². The summed E-state index contributed by atoms with van der Waals surface area (Å²) < 4.78 is 0. The number of nitrogens with zero attached hydrogens (tertiary/aromatic N) is 2. The summed E-state index contributed by atoms with van der Waals surface area (Å²) in [5, 5.41) is 11.2. The lowest BCUT2D eigenvalue weighted by Gasteiger charge is -2.21. The summed E-state index contributed by atoms with van der Waals surface area (Å²) in [6.45, 7) is 0. The summed E-state index contributed by atoms with van der Waals surface area (Å²) in [5.41, 5.74) is -0.385. The summed E-state index contributed by atoms with van der Waals surface area (Å²) in [5.74, 6) is -1.96. The zero-order valence-corrected chi connectivity index (χ0v) is 17.8. The third-order valence-electron chi connectivity index (χ3n) is 7.05. The Balaban J connectivity index is 1.43. The number of para-hydroxylation sites is 1. The van der Waals surface area contributed by atoms with E-state index in [1.165, 1.54) is 15.9 Å². The van der Waals surface area contributed by atoms with Crippen molar-refractivity contribution in [1.82, 2.24) is 0 Å². The predicted octanol–water partition coefficient (Wildman–Crippen LogP) is 2.80. The lowest BCUT2D eigenvalue weighted by molar-refractivity contribution is -0.135. The van der Waals surface area contributed by atoms with Gasteiger partial charge in [0.15, 0.2) is 11.4 Å². The number of amides is 3. The second kappa shape index (κ2) is 7.38. The highest BCUT2D eigenvalue weighted by Crippen LogP contribution is 2.43. The Labute approximate surface area is 185 Å². The molecular weight excluding hydrogens is 408 g/mol. The Bertz CT molecular complexity index is 1130. The van der Waals surface area contributed by atoms with Crippen molar-refractivity contribution >= 4 is 34.9 Å². The minimum Gasteiger partial charge on any atom is -0.375 e. The van der Waals surface area contributed by atoms with E-state index in [1.807, 2.05) is 0 Å². The molecule has 3 aliphatic rings. The van der Waals surface area contributed by atoms with Crippen molar-refractivity contribution in [2.24, 2.45) is 11.8 Å². The summed E-state index contributed by atoms with van der Waals surface area (Å²) in [6, 6.07) is 13.2. The van der Waals surface area contributed by atoms with Crippen LogP contribution in [0.15, 0.2) is 48.5 Å². The van der Waals surface area contributed by atoms with Crippen LogP contribution in [0.5, 0.6) is 0 Å². The summed E-state index contributed by atoms with van der Waals surface area (Å²) >= 11 is 0. The van der Waals surface area contributed by atoms with Gasteiger partial charge in [0, 0.05) is 18.2 Å². The summed E-state index contributed by atoms with van der Waals surface area (Å²) in [4.78, 5) is 54.3. The number of hydrogen-bond acceptors (Lipinski definition) is 5. The average Bonchev–Trinajstić information content (AvgIpc) is 3.17. The van der Waals surface area contributed by atoms with Gasteiger partial charge >= 0.3 is 0 Å². The van der Waals surface area contributed by atoms with Crippen molar-refractivity contribution in [2.45, 2.75) is 37.7 Å². The highest BCUT2D eigenvalue weighted by molar-refractivity contribution is 6.22. The first-order chi connectivity index (χ1) is 15.3. The molecule has 0 aromatic heterocycles. The van der Waals surface area contributed by atoms with E-state index in [0.29, 0.717) is 29.8 Å². The molecule has 2 aliphatic heterocycles. The monoisotopic (exact) mass is 432 g/mol. The molecule has 2 heterocycles. The zero-order valence-electron chi connectivity index (χ0n) is 17.8. The molecule has 1 saturated carbocycles. The van der Waals surface area contributed by atoms with E-state index in [0.717, 1.165) is 12.8 Å². The van der Waals surface area contributed by atoms with Crippen molar-refractivity contribution in [3.8, 4) is 0 Å². The molecule has 2 aromatic rings. The number of Topliss-reactive ketones (excluding diaryl/α,β-unsaturated/α-hetero) is 1. The SMILES string of the molecule is CN1C(=O)C(O)(CC(=O)c2cccc(N3C(=O)C4CCCCC4C3=O)c2)c2ccccc21. The number of ketones is 1. The fourth-order valence-electron chi connectivity index (χ4n) is 5.36. The molecule has 7 nitrogen and oxygen atoms in total. The molecule has 3 unspecified atom stereocenters. The van der Waals surface area contributed by atoms with E-state index in [1.54, 1.807) is 49.5 Å². The van der Waals surface area contributed by atoms with Crippen LogP contribution in [0, 0.1) is 11.8 Å². The molecule has 1 saturated heterocycles. The number of hydrogen-bond donors (Lipinski definition) is 1. The van der Waals surface area contributed by atoms with Gasteiger partial charge in [-0.2, -0.15) is 0 Å². The van der Waals surface area contributed by atoms with Crippen LogP contribution in [0.4, 0.5) is 11.4 Å². The van der Waals surface area contributed by atoms with Gasteiger partial charge in [0.2, 0.25) is 11.8 Å². The number of imide groups is 1. The summed E-state index contributed by atoms with van der Waals surface area (Å²) in [7, 11) is 1.56. The molecule has 2 fully saturated rings. The van der Waals surface area contributed by atoms with Crippen molar-refractivity contribution in [2.75, 3.05) is 16.8 Å². The van der Waals surface area contributed by atoms with Crippen molar-refractivity contribution in [3.05, 3.63) is 59.7 Å². The van der Waals surface area contributed by atoms with Crippen molar-refractivity contribution in [1.29, 1.82) is 0 Å². The molecule has 7 heteroatoms. The minimum atomic E-state index is -1.95. The number of carbonyl (C=O) groups excluding carboxylic acids is 4. The molecule has 3 atom stereocenters. The van der Waals surface area contributed by atoms with Crippen LogP contribution in [-0.4, -0.2) is 35.7 Å². The molecule has 5 rings (SSSR count). The van der Waals surface area contributed by atoms with E-state index >= 15 is 0 Å². The lowest BCUT2D eigenvalue weighted by atomic mass is 9.81. The second-order valence-corrected chi connectivity index (χ2v) is 8.90. The molecular formula is C25H24N2O5. The maximum absolute atomic E-state index is 13.1. The molecule has 3 amide bonds. The van der Waals surface area contributed by atoms with Gasteiger partial charge in [-0.15, -0.1) is 0 Å². The first-order valence-electron chi connectivity index (χ1n) is 10.9. The Hall–Kier alpha value is -3.32. The number of rotatable bonds is 4. The van der Waals surface area contributed by atoms with Gasteiger partial charge in [0.1, 0.15) is 0 Å². The van der Waals surface area contributed by atoms with Crippen LogP contribution in [0.25, 0.3) is 0 Å². The quantitative estimate of drug-likeness (QED) is 0.592. The zero-order chi connectivity index (χ0) is 22.6. The molecule has 0 spiro atoms. The van der Waals surface area contributed by atoms with Gasteiger partial charge in [-0.05, 0) is 31.0 Å². The van der Waals surface area contributed by atoms with Crippen molar-refractivity contribution in [3.63, 3.8) is 0 Å². The highest BCUT2D eigenvalue weighted by Gasteiger charge is 2.50. The van der Waals surface area contributed by atoms with Gasteiger partial charge < -0.3 is 10.0 Å². The number of aliphatic hydroxyl groups is 1. The van der Waals surface area contributed by atoms with Crippen LogP contribution < -0.4 is 9.80 Å². The number of fused-ring (bicyclic) bond motifs is 2. The fraction of sp³-hybridized carbons (Fsp3) is 0.360. The van der Waals surface area contributed by atoms with Crippen LogP contribution in [-0.2, 0) is 20.0 Å². The molecule has 164 valence electrons. The number of anilines is 2. The average molecular weight is 432 g/mol. The molecule has 32 heavy (non-hydrogen) atoms. The first kappa shape index (κ1) is 20.6. The largest absolute Gasteiger partial charge is 0.375 e. The topological polar surface area (TPSA) is 95.0 Å². The molecule has 1 N–H and O–H groups in total. The Morgan fingerprint density at radius 2 is 1.66 bits per heavy atom. The van der Waals surface area contributed by atoms with Crippen LogP contribution in [0.2, 0.25) is 0 Å². The number of carbonyl (C=O) groups is 4. The van der Waals surface area contributed by atoms with Crippen LogP contribution >= 0.6 is 0 Å². The van der Waals surface area contributed by atoms with Gasteiger partial charge in [0.25, 0.3) is 5.91 Å². The standard InChI is InChI=1S/C25H24N2O5/c1-26-20-12-5-4-11-19(20)25(32,24(26)31)14-21(28)15-7-6-8-16(13-15)27-22(29)17-9-2-3-10-18(17)23(27)30/h4-8,11-13,17-18,32H,2-3,9-10,14H2,1H3. The van der Waals surface area contributed by atoms with Gasteiger partial charge in [-0.25, -0.2) is 0 Å². The number of likely N-dealkylation sites (N-methyl/N-ethyl adjacent to an activating group) is 1. The Kier molecular flexibility index (Phi) is 4.74. The first-order valence-corrected chi connectivity index (χ1v) is 10.9. The van der Waals surface area contributed by atoms with Crippen LogP contribution in [0.3, 0.4) is 0 Å². The molecule has 2 aromatic carbocycles. The van der Waals surface area contributed by atoms with E-state index in [9.17, 15) is 24.3 Å². The van der Waals surface area contributed by atoms with Gasteiger partial charge in [-0.1, -0.05) is 43.2 Å². The van der Waals surface area contributed by atoms with Gasteiger partial charge in [0.05, 0.1) is 29.6 Å². The highest BCUT2D eigenvalue weighted by atomic mass is 16.3. The maximum Gasteiger partial charge on any atom is 0.263 e. The summed E-state index contributed by atoms with van der Waals surface area (Å²) in [6.07, 6.45) is 2.88. The molecule has 0 radical (unpaired) electrons. The Morgan fingerprint density at radius 3 is 2.34 bits per heavy atom. The maximum atomic E-state index is 13.1. The predicted molar refractivity (Wildman–Crippen MR) is 117 cm³/mol.